The Kier molecular flexibility index (Phi) is 2.35. The first kappa shape index (κ1) is 12.3. The van der Waals surface area contributed by atoms with Crippen molar-refractivity contribution in [3.63, 3.8) is 0 Å². The molecule has 4 heteroatoms. The zero-order valence-corrected chi connectivity index (χ0v) is 11.6. The Labute approximate surface area is 113 Å². The molecule has 100 valence electrons. The summed E-state index contributed by atoms with van der Waals surface area (Å²) < 4.78 is 0. The highest BCUT2D eigenvalue weighted by atomic mass is 16.3. The summed E-state index contributed by atoms with van der Waals surface area (Å²) in [6, 6.07) is 2.19. The molecular weight excluding hydrogens is 238 g/mol. The fraction of sp³-hybridized carbons (Fsp3) is 0.600. The molecule has 19 heavy (non-hydrogen) atoms. The van der Waals surface area contributed by atoms with Crippen LogP contribution in [0.2, 0.25) is 0 Å². The first-order valence-corrected chi connectivity index (χ1v) is 6.76. The molecule has 2 aliphatic carbocycles. The van der Waals surface area contributed by atoms with Gasteiger partial charge in [0.2, 0.25) is 0 Å². The molecule has 0 saturated heterocycles. The lowest BCUT2D eigenvalue weighted by molar-refractivity contribution is 0.0634. The van der Waals surface area contributed by atoms with Crippen LogP contribution in [-0.4, -0.2) is 15.3 Å². The molecular formula is C15H19N3O. The van der Waals surface area contributed by atoms with Crippen molar-refractivity contribution in [2.24, 2.45) is 11.3 Å². The number of aliphatic hydroxyl groups is 1. The number of nitrogens with zero attached hydrogens (tertiary/aromatic N) is 2. The minimum atomic E-state index is -0.360. The highest BCUT2D eigenvalue weighted by molar-refractivity contribution is 5.42. The number of aromatic amines is 1. The van der Waals surface area contributed by atoms with E-state index in [-0.39, 0.29) is 16.6 Å². The highest BCUT2D eigenvalue weighted by Gasteiger charge is 2.54. The Balaban J connectivity index is 2.21. The first-order chi connectivity index (χ1) is 8.91. The van der Waals surface area contributed by atoms with E-state index in [4.69, 9.17) is 0 Å². The molecule has 0 fully saturated rings. The van der Waals surface area contributed by atoms with Gasteiger partial charge in [-0.05, 0) is 30.7 Å². The van der Waals surface area contributed by atoms with Gasteiger partial charge in [0, 0.05) is 16.5 Å². The number of nitriles is 1. The van der Waals surface area contributed by atoms with Gasteiger partial charge in [0.1, 0.15) is 5.76 Å². The topological polar surface area (TPSA) is 72.7 Å². The van der Waals surface area contributed by atoms with E-state index in [2.05, 4.69) is 23.2 Å². The van der Waals surface area contributed by atoms with Gasteiger partial charge in [0.25, 0.3) is 0 Å². The molecule has 0 spiro atoms. The summed E-state index contributed by atoms with van der Waals surface area (Å²) in [5.74, 6) is 0.602. The quantitative estimate of drug-likeness (QED) is 0.750. The lowest BCUT2D eigenvalue weighted by Crippen LogP contribution is -2.49. The van der Waals surface area contributed by atoms with Crippen LogP contribution >= 0.6 is 0 Å². The van der Waals surface area contributed by atoms with Crippen molar-refractivity contribution in [2.75, 3.05) is 0 Å². The molecule has 1 heterocycles. The van der Waals surface area contributed by atoms with Crippen molar-refractivity contribution in [1.29, 1.82) is 5.26 Å². The maximum atomic E-state index is 10.4. The van der Waals surface area contributed by atoms with Crippen LogP contribution in [0.4, 0.5) is 0 Å². The predicted molar refractivity (Wildman–Crippen MR) is 71.4 cm³/mol. The lowest BCUT2D eigenvalue weighted by atomic mass is 9.52. The Hall–Kier alpha value is -1.76. The van der Waals surface area contributed by atoms with E-state index in [1.54, 1.807) is 0 Å². The van der Waals surface area contributed by atoms with Gasteiger partial charge < -0.3 is 5.11 Å². The molecule has 0 radical (unpaired) electrons. The van der Waals surface area contributed by atoms with Crippen molar-refractivity contribution in [3.05, 3.63) is 28.8 Å². The van der Waals surface area contributed by atoms with E-state index in [0.717, 1.165) is 18.5 Å². The van der Waals surface area contributed by atoms with Gasteiger partial charge in [0.15, 0.2) is 0 Å². The third-order valence-electron chi connectivity index (χ3n) is 5.21. The van der Waals surface area contributed by atoms with Crippen molar-refractivity contribution < 1.29 is 5.11 Å². The summed E-state index contributed by atoms with van der Waals surface area (Å²) in [5, 5.41) is 27.0. The first-order valence-electron chi connectivity index (χ1n) is 6.76. The molecule has 2 aliphatic rings. The van der Waals surface area contributed by atoms with Gasteiger partial charge >= 0.3 is 0 Å². The number of nitrogens with one attached hydrogen (secondary N) is 1. The summed E-state index contributed by atoms with van der Waals surface area (Å²) in [7, 11) is 0. The summed E-state index contributed by atoms with van der Waals surface area (Å²) in [6.45, 7) is 6.28. The van der Waals surface area contributed by atoms with E-state index in [9.17, 15) is 10.4 Å². The van der Waals surface area contributed by atoms with Crippen LogP contribution < -0.4 is 0 Å². The lowest BCUT2D eigenvalue weighted by Gasteiger charge is -2.51. The Morgan fingerprint density at radius 3 is 2.89 bits per heavy atom. The average molecular weight is 257 g/mol. The fourth-order valence-electron chi connectivity index (χ4n) is 4.25. The molecule has 1 aromatic heterocycles. The number of hydrogen-bond donors (Lipinski definition) is 2. The number of hydrogen-bond acceptors (Lipinski definition) is 3. The molecule has 0 aromatic carbocycles. The zero-order valence-electron chi connectivity index (χ0n) is 11.6. The van der Waals surface area contributed by atoms with Crippen LogP contribution in [-0.2, 0) is 11.8 Å². The van der Waals surface area contributed by atoms with Gasteiger partial charge in [-0.15, -0.1) is 0 Å². The number of aliphatic hydroxyl groups excluding tert-OH is 1. The van der Waals surface area contributed by atoms with Crippen molar-refractivity contribution in [2.45, 2.75) is 45.4 Å². The van der Waals surface area contributed by atoms with Gasteiger partial charge in [0.05, 0.1) is 17.8 Å². The average Bonchev–Trinajstić information content (AvgIpc) is 2.83. The summed E-state index contributed by atoms with van der Waals surface area (Å²) in [5.41, 5.74) is 2.43. The molecule has 0 saturated carbocycles. The molecule has 0 bridgehead atoms. The third-order valence-corrected chi connectivity index (χ3v) is 5.21. The van der Waals surface area contributed by atoms with E-state index in [1.807, 2.05) is 20.0 Å². The summed E-state index contributed by atoms with van der Waals surface area (Å²) in [4.78, 5) is 0. The molecule has 1 aromatic rings. The molecule has 0 unspecified atom stereocenters. The van der Waals surface area contributed by atoms with Crippen molar-refractivity contribution >= 4 is 0 Å². The van der Waals surface area contributed by atoms with E-state index in [1.165, 1.54) is 5.56 Å². The zero-order chi connectivity index (χ0) is 13.8. The highest BCUT2D eigenvalue weighted by Crippen LogP contribution is 2.57. The van der Waals surface area contributed by atoms with E-state index in [0.29, 0.717) is 17.9 Å². The second-order valence-corrected chi connectivity index (χ2v) is 6.62. The normalized spacial score (nSPS) is 32.4. The second-order valence-electron chi connectivity index (χ2n) is 6.62. The number of fused-ring (bicyclic) bond motifs is 3. The SMILES string of the molecule is CC1(C)C(O)=C(C#N)C[C@]2(C)c3[nH]ncc3CC[C@@H]12. The summed E-state index contributed by atoms with van der Waals surface area (Å²) >= 11 is 0. The van der Waals surface area contributed by atoms with Gasteiger partial charge in [-0.2, -0.15) is 10.4 Å². The van der Waals surface area contributed by atoms with Gasteiger partial charge in [-0.1, -0.05) is 20.8 Å². The van der Waals surface area contributed by atoms with Crippen molar-refractivity contribution in [1.82, 2.24) is 10.2 Å². The van der Waals surface area contributed by atoms with Crippen LogP contribution in [0.25, 0.3) is 0 Å². The molecule has 0 amide bonds. The van der Waals surface area contributed by atoms with Crippen LogP contribution in [0.1, 0.15) is 44.9 Å². The van der Waals surface area contributed by atoms with E-state index >= 15 is 0 Å². The second kappa shape index (κ2) is 3.63. The third kappa shape index (κ3) is 1.42. The maximum absolute atomic E-state index is 10.4. The molecule has 4 nitrogen and oxygen atoms in total. The number of allylic oxidation sites excluding steroid dienone is 2. The predicted octanol–water partition coefficient (Wildman–Crippen LogP) is 3.00. The Morgan fingerprint density at radius 1 is 1.47 bits per heavy atom. The van der Waals surface area contributed by atoms with Gasteiger partial charge in [-0.25, -0.2) is 0 Å². The standard InChI is InChI=1S/C15H19N3O/c1-14(2)11-5-4-9-8-17-18-12(9)15(11,3)6-10(7-16)13(14)19/h8,11,19H,4-6H2,1-3H3,(H,17,18)/t11-,15-/m0/s1. The van der Waals surface area contributed by atoms with E-state index < -0.39 is 0 Å². The Bertz CT molecular complexity index is 605. The molecule has 2 atom stereocenters. The summed E-state index contributed by atoms with van der Waals surface area (Å²) in [6.07, 6.45) is 4.51. The van der Waals surface area contributed by atoms with Crippen LogP contribution in [0.5, 0.6) is 0 Å². The minimum absolute atomic E-state index is 0.134. The van der Waals surface area contributed by atoms with Crippen LogP contribution in [0.3, 0.4) is 0 Å². The minimum Gasteiger partial charge on any atom is -0.511 e. The maximum Gasteiger partial charge on any atom is 0.112 e. The number of H-pyrrole nitrogens is 1. The molecule has 3 rings (SSSR count). The fourth-order valence-corrected chi connectivity index (χ4v) is 4.25. The monoisotopic (exact) mass is 257 g/mol. The number of rotatable bonds is 0. The van der Waals surface area contributed by atoms with Crippen LogP contribution in [0.15, 0.2) is 17.5 Å². The number of aryl methyl sites for hydroxylation is 1. The Morgan fingerprint density at radius 2 is 2.21 bits per heavy atom. The molecule has 2 N–H and O–H groups in total. The van der Waals surface area contributed by atoms with Crippen LogP contribution in [0, 0.1) is 22.7 Å². The number of aromatic nitrogens is 2. The van der Waals surface area contributed by atoms with Gasteiger partial charge in [-0.3, -0.25) is 5.10 Å². The smallest absolute Gasteiger partial charge is 0.112 e. The van der Waals surface area contributed by atoms with Crippen molar-refractivity contribution in [3.8, 4) is 6.07 Å². The largest absolute Gasteiger partial charge is 0.511 e. The molecule has 0 aliphatic heterocycles.